The molecule has 0 amide bonds. The fraction of sp³-hybridized carbons (Fsp3) is 0.182. The van der Waals surface area contributed by atoms with Crippen LogP contribution in [0.3, 0.4) is 0 Å². The van der Waals surface area contributed by atoms with Crippen LogP contribution in [-0.4, -0.2) is 9.55 Å². The monoisotopic (exact) mass is 275 g/mol. The molecule has 0 saturated heterocycles. The normalized spacial score (nSPS) is 10.9. The lowest BCUT2D eigenvalue weighted by atomic mass is 10.3. The Balaban J connectivity index is 2.09. The first-order valence-corrected chi connectivity index (χ1v) is 5.44. The van der Waals surface area contributed by atoms with E-state index in [-0.39, 0.29) is 17.4 Å². The zero-order valence-electron chi connectivity index (χ0n) is 9.08. The zero-order valence-corrected chi connectivity index (χ0v) is 9.83. The smallest absolute Gasteiger partial charge is 0.319 e. The van der Waals surface area contributed by atoms with Gasteiger partial charge in [0.15, 0.2) is 0 Å². The summed E-state index contributed by atoms with van der Waals surface area (Å²) in [5.41, 5.74) is 0.406. The summed E-state index contributed by atoms with van der Waals surface area (Å²) in [6, 6.07) is 3.88. The van der Waals surface area contributed by atoms with Crippen LogP contribution < -0.4 is 5.32 Å². The molecular formula is C11H9ClF3N3. The lowest BCUT2D eigenvalue weighted by molar-refractivity contribution is 0.0673. The predicted octanol–water partition coefficient (Wildman–Crippen LogP) is 3.68. The van der Waals surface area contributed by atoms with Gasteiger partial charge in [-0.25, -0.2) is 9.37 Å². The average Bonchev–Trinajstić information content (AvgIpc) is 2.73. The lowest BCUT2D eigenvalue weighted by Gasteiger charge is -2.09. The van der Waals surface area contributed by atoms with Crippen LogP contribution in [0.4, 0.5) is 18.9 Å². The van der Waals surface area contributed by atoms with Gasteiger partial charge in [-0.3, -0.25) is 4.57 Å². The highest BCUT2D eigenvalue weighted by Crippen LogP contribution is 2.19. The maximum absolute atomic E-state index is 13.0. The highest BCUT2D eigenvalue weighted by molar-refractivity contribution is 6.30. The van der Waals surface area contributed by atoms with Crippen molar-refractivity contribution in [1.29, 1.82) is 0 Å². The Morgan fingerprint density at radius 1 is 1.33 bits per heavy atom. The predicted molar refractivity (Wildman–Crippen MR) is 62.2 cm³/mol. The summed E-state index contributed by atoms with van der Waals surface area (Å²) in [6.07, 6.45) is 2.46. The third-order valence-corrected chi connectivity index (χ3v) is 2.49. The first-order valence-electron chi connectivity index (χ1n) is 5.06. The summed E-state index contributed by atoms with van der Waals surface area (Å²) in [6.45, 7) is -2.60. The van der Waals surface area contributed by atoms with Gasteiger partial charge in [-0.05, 0) is 18.2 Å². The molecule has 0 spiro atoms. The lowest BCUT2D eigenvalue weighted by Crippen LogP contribution is -2.09. The summed E-state index contributed by atoms with van der Waals surface area (Å²) in [5.74, 6) is -0.340. The fourth-order valence-electron chi connectivity index (χ4n) is 1.50. The van der Waals surface area contributed by atoms with E-state index in [1.165, 1.54) is 24.5 Å². The number of halogens is 4. The van der Waals surface area contributed by atoms with E-state index in [0.29, 0.717) is 5.69 Å². The van der Waals surface area contributed by atoms with Crippen molar-refractivity contribution in [3.63, 3.8) is 0 Å². The van der Waals surface area contributed by atoms with Crippen LogP contribution in [0.15, 0.2) is 30.6 Å². The maximum Gasteiger partial charge on any atom is 0.319 e. The highest BCUT2D eigenvalue weighted by atomic mass is 35.5. The van der Waals surface area contributed by atoms with Crippen molar-refractivity contribution < 1.29 is 13.2 Å². The Hall–Kier alpha value is -1.69. The molecule has 2 rings (SSSR count). The van der Waals surface area contributed by atoms with Crippen molar-refractivity contribution >= 4 is 17.3 Å². The quantitative estimate of drug-likeness (QED) is 0.922. The van der Waals surface area contributed by atoms with Gasteiger partial charge in [0.2, 0.25) is 0 Å². The third-order valence-electron chi connectivity index (χ3n) is 2.27. The van der Waals surface area contributed by atoms with E-state index in [1.54, 1.807) is 0 Å². The molecule has 0 aliphatic heterocycles. The van der Waals surface area contributed by atoms with Crippen molar-refractivity contribution in [2.75, 3.05) is 5.32 Å². The van der Waals surface area contributed by atoms with Crippen LogP contribution in [0.5, 0.6) is 0 Å². The summed E-state index contributed by atoms with van der Waals surface area (Å²) in [5, 5.41) is 3.01. The van der Waals surface area contributed by atoms with Crippen molar-refractivity contribution in [3.05, 3.63) is 47.3 Å². The fourth-order valence-corrected chi connectivity index (χ4v) is 1.72. The maximum atomic E-state index is 13.0. The van der Waals surface area contributed by atoms with Gasteiger partial charge in [0, 0.05) is 23.1 Å². The zero-order chi connectivity index (χ0) is 13.1. The molecule has 0 bridgehead atoms. The number of nitrogens with one attached hydrogen (secondary N) is 1. The Morgan fingerprint density at radius 3 is 2.78 bits per heavy atom. The Labute approximate surface area is 106 Å². The number of hydrogen-bond acceptors (Lipinski definition) is 2. The number of aromatic nitrogens is 2. The third kappa shape index (κ3) is 2.95. The number of benzene rings is 1. The van der Waals surface area contributed by atoms with Crippen molar-refractivity contribution in [1.82, 2.24) is 9.55 Å². The van der Waals surface area contributed by atoms with Gasteiger partial charge >= 0.3 is 6.55 Å². The first kappa shape index (κ1) is 12.8. The molecule has 1 heterocycles. The molecule has 1 N–H and O–H groups in total. The van der Waals surface area contributed by atoms with Crippen LogP contribution >= 0.6 is 11.6 Å². The number of hydrogen-bond donors (Lipinski definition) is 1. The molecule has 0 fully saturated rings. The Kier molecular flexibility index (Phi) is 3.76. The molecule has 3 nitrogen and oxygen atoms in total. The van der Waals surface area contributed by atoms with E-state index in [4.69, 9.17) is 11.6 Å². The number of alkyl halides is 2. The first-order chi connectivity index (χ1) is 8.56. The highest BCUT2D eigenvalue weighted by Gasteiger charge is 2.10. The van der Waals surface area contributed by atoms with Gasteiger partial charge in [0.25, 0.3) is 0 Å². The minimum absolute atomic E-state index is 0.0527. The molecule has 1 aromatic carbocycles. The SMILES string of the molecule is Fc1cc(Cl)cc(NCc2nccn2C(F)F)c1. The second-order valence-corrected chi connectivity index (χ2v) is 3.98. The largest absolute Gasteiger partial charge is 0.378 e. The summed E-state index contributed by atoms with van der Waals surface area (Å²) in [4.78, 5) is 3.79. The van der Waals surface area contributed by atoms with E-state index in [1.807, 2.05) is 0 Å². The minimum Gasteiger partial charge on any atom is -0.378 e. The number of imidazole rings is 1. The van der Waals surface area contributed by atoms with E-state index in [9.17, 15) is 13.2 Å². The van der Waals surface area contributed by atoms with Gasteiger partial charge in [-0.1, -0.05) is 11.6 Å². The van der Waals surface area contributed by atoms with Crippen LogP contribution in [0, 0.1) is 5.82 Å². The number of nitrogens with zero attached hydrogens (tertiary/aromatic N) is 2. The number of rotatable bonds is 4. The molecule has 0 atom stereocenters. The van der Waals surface area contributed by atoms with E-state index < -0.39 is 12.4 Å². The molecule has 18 heavy (non-hydrogen) atoms. The molecule has 2 aromatic rings. The van der Waals surface area contributed by atoms with Gasteiger partial charge in [0.1, 0.15) is 11.6 Å². The second-order valence-electron chi connectivity index (χ2n) is 3.54. The van der Waals surface area contributed by atoms with Crippen LogP contribution in [0.25, 0.3) is 0 Å². The van der Waals surface area contributed by atoms with Crippen LogP contribution in [0.1, 0.15) is 12.4 Å². The molecular weight excluding hydrogens is 267 g/mol. The number of anilines is 1. The van der Waals surface area contributed by atoms with Crippen molar-refractivity contribution in [3.8, 4) is 0 Å². The average molecular weight is 276 g/mol. The molecule has 0 saturated carbocycles. The van der Waals surface area contributed by atoms with Gasteiger partial charge in [-0.2, -0.15) is 8.78 Å². The molecule has 0 radical (unpaired) electrons. The molecule has 0 aliphatic carbocycles. The van der Waals surface area contributed by atoms with Crippen LogP contribution in [-0.2, 0) is 6.54 Å². The molecule has 96 valence electrons. The van der Waals surface area contributed by atoms with Crippen molar-refractivity contribution in [2.45, 2.75) is 13.1 Å². The molecule has 7 heteroatoms. The van der Waals surface area contributed by atoms with E-state index in [2.05, 4.69) is 10.3 Å². The summed E-state index contributed by atoms with van der Waals surface area (Å²) >= 11 is 5.67. The van der Waals surface area contributed by atoms with Gasteiger partial charge in [-0.15, -0.1) is 0 Å². The standard InChI is InChI=1S/C11H9ClF3N3/c12-7-3-8(13)5-9(4-7)17-6-10-16-1-2-18(10)11(14)15/h1-5,11,17H,6H2. The minimum atomic E-state index is -2.65. The van der Waals surface area contributed by atoms with Gasteiger partial charge < -0.3 is 5.32 Å². The Bertz CT molecular complexity index is 522. The van der Waals surface area contributed by atoms with E-state index >= 15 is 0 Å². The summed E-state index contributed by atoms with van der Waals surface area (Å²) in [7, 11) is 0. The van der Waals surface area contributed by atoms with Crippen molar-refractivity contribution in [2.24, 2.45) is 0 Å². The molecule has 0 aliphatic rings. The topological polar surface area (TPSA) is 29.9 Å². The van der Waals surface area contributed by atoms with Crippen LogP contribution in [0.2, 0.25) is 5.02 Å². The van der Waals surface area contributed by atoms with E-state index in [0.717, 1.165) is 10.6 Å². The second kappa shape index (κ2) is 5.30. The summed E-state index contributed by atoms with van der Waals surface area (Å²) < 4.78 is 38.8. The Morgan fingerprint density at radius 2 is 2.11 bits per heavy atom. The molecule has 1 aromatic heterocycles. The van der Waals surface area contributed by atoms with Gasteiger partial charge in [0.05, 0.1) is 6.54 Å². The molecule has 0 unspecified atom stereocenters.